The molecule has 1 atom stereocenters. The maximum absolute atomic E-state index is 13.1. The van der Waals surface area contributed by atoms with E-state index in [1.165, 1.54) is 0 Å². The number of nitrogens with zero attached hydrogens (tertiary/aromatic N) is 1. The highest BCUT2D eigenvalue weighted by atomic mass is 35.5. The third kappa shape index (κ3) is 6.59. The van der Waals surface area contributed by atoms with Crippen molar-refractivity contribution in [3.8, 4) is 0 Å². The second-order valence-corrected chi connectivity index (χ2v) is 5.39. The van der Waals surface area contributed by atoms with E-state index in [0.29, 0.717) is 13.0 Å². The van der Waals surface area contributed by atoms with Crippen molar-refractivity contribution < 1.29 is 13.6 Å². The predicted molar refractivity (Wildman–Crippen MR) is 91.4 cm³/mol. The van der Waals surface area contributed by atoms with Crippen LogP contribution in [0, 0.1) is 0 Å². The summed E-state index contributed by atoms with van der Waals surface area (Å²) in [6.45, 7) is 0.0101. The standard InChI is InChI=1S/C15H21F2N3O.2ClH/c16-15(17,10-18)11-19-14(21)13-7-4-8-20(13)9-12-5-2-1-3-6-12;;/h1-3,5-6,13H,4,7-11,18H2,(H,19,21);2*1H. The lowest BCUT2D eigenvalue weighted by Crippen LogP contribution is -2.48. The molecule has 1 aromatic rings. The minimum atomic E-state index is -3.04. The number of carbonyl (C=O) groups is 1. The molecule has 3 N–H and O–H groups in total. The van der Waals surface area contributed by atoms with E-state index in [1.54, 1.807) is 0 Å². The van der Waals surface area contributed by atoms with E-state index in [-0.39, 0.29) is 36.8 Å². The largest absolute Gasteiger partial charge is 0.349 e. The first kappa shape index (κ1) is 22.1. The Hall–Kier alpha value is -0.950. The van der Waals surface area contributed by atoms with Crippen LogP contribution in [0.2, 0.25) is 0 Å². The molecular formula is C15H23Cl2F2N3O. The van der Waals surface area contributed by atoms with Gasteiger partial charge in [0.15, 0.2) is 0 Å². The smallest absolute Gasteiger partial charge is 0.277 e. The number of nitrogens with two attached hydrogens (primary N) is 1. The number of likely N-dealkylation sites (tertiary alicyclic amines) is 1. The van der Waals surface area contributed by atoms with Gasteiger partial charge in [0.1, 0.15) is 0 Å². The highest BCUT2D eigenvalue weighted by Gasteiger charge is 2.33. The number of hydrogen-bond acceptors (Lipinski definition) is 3. The molecule has 1 unspecified atom stereocenters. The van der Waals surface area contributed by atoms with E-state index in [2.05, 4.69) is 5.32 Å². The molecule has 1 amide bonds. The number of halogens is 4. The Balaban J connectivity index is 0.00000242. The van der Waals surface area contributed by atoms with E-state index in [1.807, 2.05) is 35.2 Å². The molecule has 0 spiro atoms. The lowest BCUT2D eigenvalue weighted by molar-refractivity contribution is -0.127. The summed E-state index contributed by atoms with van der Waals surface area (Å²) < 4.78 is 26.2. The molecule has 1 saturated heterocycles. The maximum atomic E-state index is 13.1. The van der Waals surface area contributed by atoms with Crippen LogP contribution in [0.1, 0.15) is 18.4 Å². The van der Waals surface area contributed by atoms with Crippen molar-refractivity contribution in [2.24, 2.45) is 5.73 Å². The summed E-state index contributed by atoms with van der Waals surface area (Å²) in [7, 11) is 0. The molecule has 1 heterocycles. The van der Waals surface area contributed by atoms with Gasteiger partial charge in [0.25, 0.3) is 5.92 Å². The number of carbonyl (C=O) groups excluding carboxylic acids is 1. The molecule has 0 aromatic heterocycles. The zero-order valence-electron chi connectivity index (χ0n) is 12.7. The number of benzene rings is 1. The maximum Gasteiger partial charge on any atom is 0.277 e. The average Bonchev–Trinajstić information content (AvgIpc) is 2.94. The summed E-state index contributed by atoms with van der Waals surface area (Å²) in [5.41, 5.74) is 6.08. The molecule has 0 aliphatic carbocycles. The minimum absolute atomic E-state index is 0. The molecular weight excluding hydrogens is 347 g/mol. The van der Waals surface area contributed by atoms with Crippen molar-refractivity contribution in [3.05, 3.63) is 35.9 Å². The van der Waals surface area contributed by atoms with Crippen LogP contribution in [0.4, 0.5) is 8.78 Å². The lowest BCUT2D eigenvalue weighted by atomic mass is 10.1. The number of amides is 1. The lowest BCUT2D eigenvalue weighted by Gasteiger charge is -2.24. The van der Waals surface area contributed by atoms with Crippen molar-refractivity contribution >= 4 is 30.7 Å². The molecule has 1 aliphatic rings. The summed E-state index contributed by atoms with van der Waals surface area (Å²) in [6, 6.07) is 9.49. The Bertz CT molecular complexity index is 477. The van der Waals surface area contributed by atoms with Crippen molar-refractivity contribution in [1.29, 1.82) is 0 Å². The number of hydrogen-bond donors (Lipinski definition) is 2. The van der Waals surface area contributed by atoms with E-state index in [9.17, 15) is 13.6 Å². The van der Waals surface area contributed by atoms with Gasteiger partial charge in [0, 0.05) is 6.54 Å². The average molecular weight is 370 g/mol. The predicted octanol–water partition coefficient (Wildman–Crippen LogP) is 2.20. The Labute approximate surface area is 147 Å². The van der Waals surface area contributed by atoms with Gasteiger partial charge in [-0.05, 0) is 24.9 Å². The van der Waals surface area contributed by atoms with Crippen molar-refractivity contribution in [2.75, 3.05) is 19.6 Å². The second kappa shape index (κ2) is 10.0. The van der Waals surface area contributed by atoms with E-state index < -0.39 is 19.0 Å². The zero-order valence-corrected chi connectivity index (χ0v) is 14.3. The van der Waals surface area contributed by atoms with Crippen LogP contribution in [-0.2, 0) is 11.3 Å². The molecule has 1 aromatic carbocycles. The van der Waals surface area contributed by atoms with Gasteiger partial charge in [-0.25, -0.2) is 8.78 Å². The Kier molecular flexibility index (Phi) is 9.61. The quantitative estimate of drug-likeness (QED) is 0.807. The summed E-state index contributed by atoms with van der Waals surface area (Å²) in [5, 5.41) is 2.32. The van der Waals surface area contributed by atoms with Crippen molar-refractivity contribution in [2.45, 2.75) is 31.4 Å². The molecule has 0 saturated carbocycles. The monoisotopic (exact) mass is 369 g/mol. The molecule has 1 fully saturated rings. The topological polar surface area (TPSA) is 58.4 Å². The van der Waals surface area contributed by atoms with Gasteiger partial charge < -0.3 is 11.1 Å². The van der Waals surface area contributed by atoms with Crippen LogP contribution in [-0.4, -0.2) is 42.4 Å². The number of nitrogens with one attached hydrogen (secondary N) is 1. The van der Waals surface area contributed by atoms with Crippen LogP contribution in [0.5, 0.6) is 0 Å². The first-order valence-electron chi connectivity index (χ1n) is 7.15. The van der Waals surface area contributed by atoms with Gasteiger partial charge in [-0.1, -0.05) is 30.3 Å². The summed E-state index contributed by atoms with van der Waals surface area (Å²) in [4.78, 5) is 14.1. The fourth-order valence-electron chi connectivity index (χ4n) is 2.54. The van der Waals surface area contributed by atoms with Gasteiger partial charge in [0.2, 0.25) is 5.91 Å². The fourth-order valence-corrected chi connectivity index (χ4v) is 2.54. The third-order valence-electron chi connectivity index (χ3n) is 3.71. The molecule has 0 radical (unpaired) electrons. The Morgan fingerprint density at radius 3 is 2.57 bits per heavy atom. The molecule has 8 heteroatoms. The number of rotatable bonds is 6. The fraction of sp³-hybridized carbons (Fsp3) is 0.533. The van der Waals surface area contributed by atoms with Crippen LogP contribution in [0.15, 0.2) is 30.3 Å². The highest BCUT2D eigenvalue weighted by Crippen LogP contribution is 2.20. The second-order valence-electron chi connectivity index (χ2n) is 5.39. The third-order valence-corrected chi connectivity index (χ3v) is 3.71. The number of alkyl halides is 2. The van der Waals surface area contributed by atoms with Gasteiger partial charge in [-0.2, -0.15) is 0 Å². The Morgan fingerprint density at radius 1 is 1.30 bits per heavy atom. The van der Waals surface area contributed by atoms with Gasteiger partial charge in [0.05, 0.1) is 19.1 Å². The SMILES string of the molecule is Cl.Cl.NCC(F)(F)CNC(=O)C1CCCN1Cc1ccccc1. The molecule has 23 heavy (non-hydrogen) atoms. The van der Waals surface area contributed by atoms with E-state index in [0.717, 1.165) is 18.5 Å². The molecule has 132 valence electrons. The van der Waals surface area contributed by atoms with Gasteiger partial charge >= 0.3 is 0 Å². The van der Waals surface area contributed by atoms with Gasteiger partial charge in [-0.15, -0.1) is 24.8 Å². The molecule has 4 nitrogen and oxygen atoms in total. The molecule has 1 aliphatic heterocycles. The van der Waals surface area contributed by atoms with Gasteiger partial charge in [-0.3, -0.25) is 9.69 Å². The first-order valence-corrected chi connectivity index (χ1v) is 7.15. The van der Waals surface area contributed by atoms with E-state index >= 15 is 0 Å². The van der Waals surface area contributed by atoms with Crippen LogP contribution < -0.4 is 11.1 Å². The summed E-state index contributed by atoms with van der Waals surface area (Å²) >= 11 is 0. The summed E-state index contributed by atoms with van der Waals surface area (Å²) in [5.74, 6) is -3.38. The van der Waals surface area contributed by atoms with Crippen molar-refractivity contribution in [1.82, 2.24) is 10.2 Å². The van der Waals surface area contributed by atoms with E-state index in [4.69, 9.17) is 5.73 Å². The summed E-state index contributed by atoms with van der Waals surface area (Å²) in [6.07, 6.45) is 1.60. The van der Waals surface area contributed by atoms with Crippen LogP contribution >= 0.6 is 24.8 Å². The molecule has 2 rings (SSSR count). The normalized spacial score (nSPS) is 18.0. The zero-order chi connectivity index (χ0) is 15.3. The minimum Gasteiger partial charge on any atom is -0.349 e. The van der Waals surface area contributed by atoms with Crippen LogP contribution in [0.3, 0.4) is 0 Å². The van der Waals surface area contributed by atoms with Crippen molar-refractivity contribution in [3.63, 3.8) is 0 Å². The highest BCUT2D eigenvalue weighted by molar-refractivity contribution is 5.85. The molecule has 0 bridgehead atoms. The Morgan fingerprint density at radius 2 is 1.96 bits per heavy atom. The first-order chi connectivity index (χ1) is 10.0. The van der Waals surface area contributed by atoms with Crippen LogP contribution in [0.25, 0.3) is 0 Å².